The summed E-state index contributed by atoms with van der Waals surface area (Å²) in [6.45, 7) is 9.63. The monoisotopic (exact) mass is 1410 g/mol. The minimum Gasteiger partial charge on any atom is -0.462 e. The lowest BCUT2D eigenvalue weighted by Gasteiger charge is -2.21. The first-order valence-corrected chi connectivity index (χ1v) is 43.0. The third-order valence-electron chi connectivity index (χ3n) is 18.0. The molecule has 0 heterocycles. The molecule has 17 nitrogen and oxygen atoms in total. The number of carbonyl (C=O) groups excluding carboxylic acids is 4. The van der Waals surface area contributed by atoms with Crippen LogP contribution in [-0.2, 0) is 65.4 Å². The molecule has 2 unspecified atom stereocenters. The topological polar surface area (TPSA) is 237 Å². The Labute approximate surface area is 588 Å². The van der Waals surface area contributed by atoms with E-state index in [0.717, 1.165) is 108 Å². The van der Waals surface area contributed by atoms with Gasteiger partial charge in [-0.3, -0.25) is 37.3 Å². The van der Waals surface area contributed by atoms with E-state index in [9.17, 15) is 43.2 Å². The Bertz CT molecular complexity index is 1860. The van der Waals surface area contributed by atoms with Crippen molar-refractivity contribution in [3.05, 3.63) is 0 Å². The lowest BCUT2D eigenvalue weighted by molar-refractivity contribution is -0.161. The van der Waals surface area contributed by atoms with Crippen molar-refractivity contribution in [1.82, 2.24) is 0 Å². The minimum absolute atomic E-state index is 0.108. The summed E-state index contributed by atoms with van der Waals surface area (Å²) in [6.07, 6.45) is 56.8. The van der Waals surface area contributed by atoms with Gasteiger partial charge in [0.25, 0.3) is 0 Å². The molecule has 0 saturated carbocycles. The molecular weight excluding hydrogens is 1260 g/mol. The lowest BCUT2D eigenvalue weighted by Crippen LogP contribution is -2.30. The van der Waals surface area contributed by atoms with Gasteiger partial charge in [0.1, 0.15) is 19.3 Å². The highest BCUT2D eigenvalue weighted by Gasteiger charge is 2.30. The van der Waals surface area contributed by atoms with Crippen molar-refractivity contribution in [3.8, 4) is 0 Å². The largest absolute Gasteiger partial charge is 0.472 e. The predicted molar refractivity (Wildman–Crippen MR) is 391 cm³/mol. The van der Waals surface area contributed by atoms with E-state index in [-0.39, 0.29) is 25.7 Å². The third-order valence-corrected chi connectivity index (χ3v) is 19.9. The van der Waals surface area contributed by atoms with Gasteiger partial charge >= 0.3 is 39.5 Å². The molecule has 0 fully saturated rings. The van der Waals surface area contributed by atoms with Gasteiger partial charge in [0.15, 0.2) is 12.2 Å². The van der Waals surface area contributed by atoms with E-state index in [2.05, 4.69) is 41.5 Å². The molecule has 0 rings (SSSR count). The summed E-state index contributed by atoms with van der Waals surface area (Å²) < 4.78 is 68.5. The number of hydrogen-bond donors (Lipinski definition) is 3. The molecule has 0 saturated heterocycles. The molecule has 0 aromatic rings. The van der Waals surface area contributed by atoms with Crippen molar-refractivity contribution in [2.75, 3.05) is 39.6 Å². The van der Waals surface area contributed by atoms with Gasteiger partial charge < -0.3 is 33.8 Å². The quantitative estimate of drug-likeness (QED) is 0.0222. The van der Waals surface area contributed by atoms with Gasteiger partial charge in [-0.2, -0.15) is 0 Å². The maximum absolute atomic E-state index is 13.1. The number of aliphatic hydroxyl groups is 1. The lowest BCUT2D eigenvalue weighted by atomic mass is 10.0. The van der Waals surface area contributed by atoms with E-state index < -0.39 is 97.5 Å². The van der Waals surface area contributed by atoms with Crippen LogP contribution in [0.1, 0.15) is 401 Å². The summed E-state index contributed by atoms with van der Waals surface area (Å²) in [5.41, 5.74) is 0. The summed E-state index contributed by atoms with van der Waals surface area (Å²) in [4.78, 5) is 72.8. The van der Waals surface area contributed by atoms with E-state index in [0.29, 0.717) is 25.7 Å². The van der Waals surface area contributed by atoms with Crippen molar-refractivity contribution in [2.24, 2.45) is 11.8 Å². The van der Waals surface area contributed by atoms with E-state index in [1.807, 2.05) is 0 Å². The van der Waals surface area contributed by atoms with E-state index in [1.165, 1.54) is 212 Å². The first-order chi connectivity index (χ1) is 46.4. The van der Waals surface area contributed by atoms with Crippen LogP contribution >= 0.6 is 15.6 Å². The Kier molecular flexibility index (Phi) is 67.4. The minimum atomic E-state index is -4.96. The molecule has 0 aliphatic carbocycles. The van der Waals surface area contributed by atoms with Crippen LogP contribution < -0.4 is 0 Å². The fourth-order valence-electron chi connectivity index (χ4n) is 11.8. The van der Waals surface area contributed by atoms with E-state index in [4.69, 9.17) is 37.0 Å². The number of ether oxygens (including phenoxy) is 4. The molecule has 5 atom stereocenters. The molecule has 96 heavy (non-hydrogen) atoms. The number of hydrogen-bond acceptors (Lipinski definition) is 15. The average molecular weight is 1410 g/mol. The molecule has 0 spiro atoms. The normalized spacial score (nSPS) is 14.0. The highest BCUT2D eigenvalue weighted by molar-refractivity contribution is 7.47. The smallest absolute Gasteiger partial charge is 0.462 e. The standard InChI is InChI=1S/C77H150O17P2/c1-7-9-11-13-15-17-18-19-20-26-32-37-43-49-55-61-76(81)93-72(65-87-74(79)59-53-47-41-16-14-12-10-8-2)67-91-95(83,84)89-63-71(78)64-90-96(85,86)92-68-73(66-88-75(80)60-54-48-42-36-31-28-23-25-30-35-40-46-52-58-70(5)6)94-77(82)62-56-50-44-38-33-27-22-21-24-29-34-39-45-51-57-69(3)4/h69-73,78H,7-68H2,1-6H3,(H,83,84)(H,85,86)/t71-,72+,73+/m0/s1. The summed E-state index contributed by atoms with van der Waals surface area (Å²) in [5.74, 6) is -0.528. The zero-order chi connectivity index (χ0) is 70.7. The zero-order valence-electron chi connectivity index (χ0n) is 62.7. The molecule has 0 aliphatic heterocycles. The highest BCUT2D eigenvalue weighted by atomic mass is 31.2. The number of aliphatic hydroxyl groups excluding tert-OH is 1. The van der Waals surface area contributed by atoms with Crippen molar-refractivity contribution in [3.63, 3.8) is 0 Å². The average Bonchev–Trinajstić information content (AvgIpc) is 2.03. The highest BCUT2D eigenvalue weighted by Crippen LogP contribution is 2.45. The number of carbonyl (C=O) groups is 4. The predicted octanol–water partition coefficient (Wildman–Crippen LogP) is 22.7. The Morgan fingerprint density at radius 3 is 0.708 bits per heavy atom. The number of esters is 4. The molecular formula is C77H150O17P2. The Balaban J connectivity index is 5.22. The molecule has 19 heteroatoms. The van der Waals surface area contributed by atoms with Gasteiger partial charge in [0, 0.05) is 25.7 Å². The van der Waals surface area contributed by atoms with Crippen LogP contribution in [0.5, 0.6) is 0 Å². The molecule has 0 radical (unpaired) electrons. The number of phosphoric acid groups is 2. The van der Waals surface area contributed by atoms with E-state index in [1.54, 1.807) is 0 Å². The van der Waals surface area contributed by atoms with Crippen LogP contribution in [0.4, 0.5) is 0 Å². The van der Waals surface area contributed by atoms with Crippen molar-refractivity contribution < 1.29 is 80.2 Å². The van der Waals surface area contributed by atoms with Crippen LogP contribution in [-0.4, -0.2) is 96.7 Å². The number of phosphoric ester groups is 2. The summed E-state index contributed by atoms with van der Waals surface area (Å²) in [5, 5.41) is 10.6. The van der Waals surface area contributed by atoms with Gasteiger partial charge in [-0.05, 0) is 37.5 Å². The first-order valence-electron chi connectivity index (χ1n) is 40.0. The Morgan fingerprint density at radius 1 is 0.281 bits per heavy atom. The summed E-state index contributed by atoms with van der Waals surface area (Å²) in [6, 6.07) is 0. The molecule has 570 valence electrons. The molecule has 0 aromatic heterocycles. The first kappa shape index (κ1) is 94.1. The molecule has 0 aromatic carbocycles. The van der Waals surface area contributed by atoms with Gasteiger partial charge in [-0.1, -0.05) is 350 Å². The summed E-state index contributed by atoms with van der Waals surface area (Å²) >= 11 is 0. The zero-order valence-corrected chi connectivity index (χ0v) is 64.5. The van der Waals surface area contributed by atoms with Gasteiger partial charge in [-0.15, -0.1) is 0 Å². The van der Waals surface area contributed by atoms with Crippen molar-refractivity contribution in [1.29, 1.82) is 0 Å². The van der Waals surface area contributed by atoms with Crippen LogP contribution in [0.3, 0.4) is 0 Å². The molecule has 3 N–H and O–H groups in total. The molecule has 0 bridgehead atoms. The van der Waals surface area contributed by atoms with Crippen molar-refractivity contribution >= 4 is 39.5 Å². The summed E-state index contributed by atoms with van der Waals surface area (Å²) in [7, 11) is -9.91. The fourth-order valence-corrected chi connectivity index (χ4v) is 13.4. The maximum atomic E-state index is 13.1. The van der Waals surface area contributed by atoms with Gasteiger partial charge in [0.2, 0.25) is 0 Å². The second-order valence-electron chi connectivity index (χ2n) is 28.7. The molecule has 0 amide bonds. The van der Waals surface area contributed by atoms with E-state index >= 15 is 0 Å². The Morgan fingerprint density at radius 2 is 0.479 bits per heavy atom. The second kappa shape index (κ2) is 68.8. The number of unbranched alkanes of at least 4 members (excludes halogenated alkanes) is 46. The van der Waals surface area contributed by atoms with Crippen molar-refractivity contribution in [2.45, 2.75) is 419 Å². The second-order valence-corrected chi connectivity index (χ2v) is 31.6. The molecule has 0 aliphatic rings. The number of rotatable bonds is 76. The van der Waals surface area contributed by atoms with Crippen LogP contribution in [0.15, 0.2) is 0 Å². The Hall–Kier alpha value is -1.94. The van der Waals surface area contributed by atoms with Crippen LogP contribution in [0, 0.1) is 11.8 Å². The van der Waals surface area contributed by atoms with Gasteiger partial charge in [-0.25, -0.2) is 9.13 Å². The van der Waals surface area contributed by atoms with Crippen LogP contribution in [0.2, 0.25) is 0 Å². The SMILES string of the molecule is CCCCCCCCCCCCCCCCCC(=O)O[C@H](COC(=O)CCCCCCCCCC)COP(=O)(O)OC[C@H](O)COP(=O)(O)OC[C@@H](COC(=O)CCCCCCCCCCCCCCCC(C)C)OC(=O)CCCCCCCCCCCCCCCCC(C)C. The third kappa shape index (κ3) is 70.5. The fraction of sp³-hybridized carbons (Fsp3) is 0.948. The van der Waals surface area contributed by atoms with Gasteiger partial charge in [0.05, 0.1) is 26.4 Å². The van der Waals surface area contributed by atoms with Crippen LogP contribution in [0.25, 0.3) is 0 Å². The maximum Gasteiger partial charge on any atom is 0.472 e.